The van der Waals surface area contributed by atoms with Gasteiger partial charge in [-0.25, -0.2) is 13.4 Å². The zero-order valence-electron chi connectivity index (χ0n) is 7.86. The monoisotopic (exact) mass is 360 g/mol. The lowest BCUT2D eigenvalue weighted by molar-refractivity contribution is 0.603. The van der Waals surface area contributed by atoms with Crippen LogP contribution < -0.4 is 5.56 Å². The molecular formula is C7H9IN2O3S2. The van der Waals surface area contributed by atoms with Crippen molar-refractivity contribution in [2.75, 3.05) is 17.8 Å². The molecule has 8 heteroatoms. The van der Waals surface area contributed by atoms with Gasteiger partial charge in [0, 0.05) is 12.0 Å². The number of sulfone groups is 1. The highest BCUT2D eigenvalue weighted by atomic mass is 127. The number of nitrogens with one attached hydrogen (secondary N) is 1. The second-order valence-electron chi connectivity index (χ2n) is 2.83. The van der Waals surface area contributed by atoms with Crippen LogP contribution in [0.2, 0.25) is 0 Å². The van der Waals surface area contributed by atoms with Gasteiger partial charge in [-0.2, -0.15) is 0 Å². The van der Waals surface area contributed by atoms with E-state index in [1.807, 2.05) is 22.6 Å². The molecule has 1 N–H and O–H groups in total. The van der Waals surface area contributed by atoms with Gasteiger partial charge in [0.1, 0.15) is 18.4 Å². The van der Waals surface area contributed by atoms with E-state index in [9.17, 15) is 13.2 Å². The third kappa shape index (κ3) is 4.51. The zero-order chi connectivity index (χ0) is 11.5. The van der Waals surface area contributed by atoms with Gasteiger partial charge < -0.3 is 4.98 Å². The average Bonchev–Trinajstić information content (AvgIpc) is 2.10. The number of hydrogen-bond acceptors (Lipinski definition) is 5. The van der Waals surface area contributed by atoms with Crippen molar-refractivity contribution in [3.63, 3.8) is 0 Å². The summed E-state index contributed by atoms with van der Waals surface area (Å²) in [5.41, 5.74) is -0.201. The minimum atomic E-state index is -2.95. The minimum absolute atomic E-state index is 0.0855. The summed E-state index contributed by atoms with van der Waals surface area (Å²) in [7, 11) is -2.95. The van der Waals surface area contributed by atoms with Gasteiger partial charge in [0.2, 0.25) is 0 Å². The smallest absolute Gasteiger partial charge is 0.265 e. The van der Waals surface area contributed by atoms with Crippen molar-refractivity contribution in [1.29, 1.82) is 0 Å². The van der Waals surface area contributed by atoms with Crippen LogP contribution in [-0.4, -0.2) is 36.1 Å². The number of aromatic nitrogens is 2. The Morgan fingerprint density at radius 1 is 1.60 bits per heavy atom. The molecule has 1 heterocycles. The van der Waals surface area contributed by atoms with E-state index in [1.165, 1.54) is 24.3 Å². The maximum absolute atomic E-state index is 11.2. The van der Waals surface area contributed by atoms with Crippen LogP contribution in [0.3, 0.4) is 0 Å². The summed E-state index contributed by atoms with van der Waals surface area (Å²) in [5, 5.41) is 0.572. The molecule has 84 valence electrons. The van der Waals surface area contributed by atoms with Crippen molar-refractivity contribution in [1.82, 2.24) is 9.97 Å². The first-order valence-corrected chi connectivity index (χ1v) is 8.06. The minimum Gasteiger partial charge on any atom is -0.312 e. The molecule has 0 saturated carbocycles. The van der Waals surface area contributed by atoms with Crippen molar-refractivity contribution in [2.45, 2.75) is 5.03 Å². The van der Waals surface area contributed by atoms with Crippen molar-refractivity contribution in [3.05, 3.63) is 20.3 Å². The highest BCUT2D eigenvalue weighted by molar-refractivity contribution is 14.1. The van der Waals surface area contributed by atoms with E-state index in [0.717, 1.165) is 0 Å². The second kappa shape index (κ2) is 5.30. The molecule has 0 bridgehead atoms. The number of rotatable bonds is 4. The molecule has 0 amide bonds. The predicted molar refractivity (Wildman–Crippen MR) is 68.0 cm³/mol. The molecule has 1 aromatic rings. The molecule has 0 atom stereocenters. The van der Waals surface area contributed by atoms with Gasteiger partial charge in [0.05, 0.1) is 12.1 Å². The van der Waals surface area contributed by atoms with Gasteiger partial charge in [-0.3, -0.25) is 4.79 Å². The number of nitrogens with zero attached hydrogens (tertiary/aromatic N) is 1. The highest BCUT2D eigenvalue weighted by Crippen LogP contribution is 2.18. The first-order valence-electron chi connectivity index (χ1n) is 3.94. The number of aromatic amines is 1. The molecule has 0 aliphatic heterocycles. The second-order valence-corrected chi connectivity index (χ2v) is 7.25. The Balaban J connectivity index is 2.67. The summed E-state index contributed by atoms with van der Waals surface area (Å²) in [6, 6.07) is 0. The fourth-order valence-corrected chi connectivity index (χ4v) is 3.60. The largest absolute Gasteiger partial charge is 0.312 e. The Hall–Kier alpha value is -0.0900. The first-order chi connectivity index (χ1) is 6.90. The Bertz CT molecular complexity index is 497. The van der Waals surface area contributed by atoms with Crippen LogP contribution in [0.4, 0.5) is 0 Å². The fraction of sp³-hybridized carbons (Fsp3) is 0.429. The van der Waals surface area contributed by atoms with Crippen molar-refractivity contribution < 1.29 is 8.42 Å². The summed E-state index contributed by atoms with van der Waals surface area (Å²) in [4.78, 5) is 17.6. The molecule has 0 aliphatic rings. The van der Waals surface area contributed by atoms with Crippen molar-refractivity contribution in [2.24, 2.45) is 0 Å². The Morgan fingerprint density at radius 3 is 2.87 bits per heavy atom. The highest BCUT2D eigenvalue weighted by Gasteiger charge is 2.07. The topological polar surface area (TPSA) is 79.9 Å². The van der Waals surface area contributed by atoms with Crippen LogP contribution in [0.25, 0.3) is 0 Å². The Kier molecular flexibility index (Phi) is 4.59. The SMILES string of the molecule is CS(=O)(=O)CCSc1nc[nH]c(=O)c1I. The number of thioether (sulfide) groups is 1. The molecule has 0 aliphatic carbocycles. The van der Waals surface area contributed by atoms with E-state index in [4.69, 9.17) is 0 Å². The molecule has 1 aromatic heterocycles. The zero-order valence-corrected chi connectivity index (χ0v) is 11.6. The maximum atomic E-state index is 11.2. The number of H-pyrrole nitrogens is 1. The van der Waals surface area contributed by atoms with E-state index in [1.54, 1.807) is 0 Å². The van der Waals surface area contributed by atoms with Crippen LogP contribution in [0.15, 0.2) is 16.1 Å². The molecule has 1 rings (SSSR count). The van der Waals surface area contributed by atoms with Crippen LogP contribution in [0.5, 0.6) is 0 Å². The van der Waals surface area contributed by atoms with E-state index in [-0.39, 0.29) is 11.3 Å². The molecule has 0 radical (unpaired) electrons. The molecule has 0 saturated heterocycles. The van der Waals surface area contributed by atoms with E-state index in [2.05, 4.69) is 9.97 Å². The van der Waals surface area contributed by atoms with Crippen molar-refractivity contribution >= 4 is 44.2 Å². The Morgan fingerprint density at radius 2 is 2.27 bits per heavy atom. The molecule has 0 spiro atoms. The van der Waals surface area contributed by atoms with Gasteiger partial charge >= 0.3 is 0 Å². The van der Waals surface area contributed by atoms with Crippen LogP contribution in [0.1, 0.15) is 0 Å². The average molecular weight is 360 g/mol. The summed E-state index contributed by atoms with van der Waals surface area (Å²) in [5.74, 6) is 0.494. The number of halogens is 1. The van der Waals surface area contributed by atoms with Gasteiger partial charge in [0.15, 0.2) is 0 Å². The lowest BCUT2D eigenvalue weighted by Crippen LogP contribution is -2.12. The molecular weight excluding hydrogens is 351 g/mol. The van der Waals surface area contributed by atoms with Crippen LogP contribution in [-0.2, 0) is 9.84 Å². The van der Waals surface area contributed by atoms with Gasteiger partial charge in [0.25, 0.3) is 5.56 Å². The third-order valence-electron chi connectivity index (χ3n) is 1.46. The van der Waals surface area contributed by atoms with Crippen molar-refractivity contribution in [3.8, 4) is 0 Å². The Labute approximate surface area is 105 Å². The van der Waals surface area contributed by atoms with Gasteiger partial charge in [-0.1, -0.05) is 0 Å². The first kappa shape index (κ1) is 13.0. The van der Waals surface area contributed by atoms with Gasteiger partial charge in [-0.05, 0) is 22.6 Å². The normalized spacial score (nSPS) is 11.6. The van der Waals surface area contributed by atoms with Crippen LogP contribution >= 0.6 is 34.4 Å². The third-order valence-corrected chi connectivity index (χ3v) is 5.02. The number of hydrogen-bond donors (Lipinski definition) is 1. The predicted octanol–water partition coefficient (Wildman–Crippen LogP) is 0.511. The maximum Gasteiger partial charge on any atom is 0.265 e. The fourth-order valence-electron chi connectivity index (χ4n) is 0.757. The summed E-state index contributed by atoms with van der Waals surface area (Å²) in [6.45, 7) is 0. The summed E-state index contributed by atoms with van der Waals surface area (Å²) < 4.78 is 22.2. The van der Waals surface area contributed by atoms with E-state index < -0.39 is 9.84 Å². The van der Waals surface area contributed by atoms with Gasteiger partial charge in [-0.15, -0.1) is 11.8 Å². The molecule has 15 heavy (non-hydrogen) atoms. The lowest BCUT2D eigenvalue weighted by Gasteiger charge is -2.00. The summed E-state index contributed by atoms with van der Waals surface area (Å²) >= 11 is 3.16. The quantitative estimate of drug-likeness (QED) is 0.481. The molecule has 0 fully saturated rings. The van der Waals surface area contributed by atoms with E-state index >= 15 is 0 Å². The van der Waals surface area contributed by atoms with E-state index in [0.29, 0.717) is 14.3 Å². The molecule has 5 nitrogen and oxygen atoms in total. The molecule has 0 aromatic carbocycles. The lowest BCUT2D eigenvalue weighted by atomic mass is 10.7. The molecule has 0 unspecified atom stereocenters. The van der Waals surface area contributed by atoms with Crippen LogP contribution in [0, 0.1) is 3.57 Å². The standard InChI is InChI=1S/C7H9IN2O3S2/c1-15(12,13)3-2-14-7-5(8)6(11)9-4-10-7/h4H,2-3H2,1H3,(H,9,10,11). The summed E-state index contributed by atoms with van der Waals surface area (Å²) in [6.07, 6.45) is 2.50.